The number of cyclic esters (lactones) is 1. The zero-order valence-corrected chi connectivity index (χ0v) is 18.4. The van der Waals surface area contributed by atoms with Crippen LogP contribution in [0, 0.1) is 5.82 Å². The van der Waals surface area contributed by atoms with E-state index in [9.17, 15) is 14.0 Å². The second-order valence-corrected chi connectivity index (χ2v) is 7.08. The van der Waals surface area contributed by atoms with E-state index in [2.05, 4.69) is 4.99 Å². The van der Waals surface area contributed by atoms with Gasteiger partial charge >= 0.3 is 11.9 Å². The van der Waals surface area contributed by atoms with Crippen molar-refractivity contribution in [2.24, 2.45) is 4.99 Å². The molecule has 0 spiro atoms. The standard InChI is InChI=1S/C26H20FNO6/c1-3-32-23-14-16(11-12-22(23)33-25(29)19-9-4-5-10-21(19)31-2)13-20-26(30)34-24(28-20)17-7-6-8-18(27)15-17/h4-15H,3H2,1-2H3. The lowest BCUT2D eigenvalue weighted by Gasteiger charge is -2.12. The van der Waals surface area contributed by atoms with Crippen LogP contribution in [0.3, 0.4) is 0 Å². The van der Waals surface area contributed by atoms with Crippen LogP contribution < -0.4 is 14.2 Å². The van der Waals surface area contributed by atoms with E-state index in [4.69, 9.17) is 18.9 Å². The number of esters is 2. The van der Waals surface area contributed by atoms with Crippen molar-refractivity contribution in [2.75, 3.05) is 13.7 Å². The molecule has 4 rings (SSSR count). The lowest BCUT2D eigenvalue weighted by molar-refractivity contribution is -0.129. The molecule has 0 unspecified atom stereocenters. The van der Waals surface area contributed by atoms with Gasteiger partial charge in [-0.25, -0.2) is 19.0 Å². The third kappa shape index (κ3) is 4.96. The second kappa shape index (κ2) is 9.99. The number of methoxy groups -OCH3 is 1. The molecule has 0 fully saturated rings. The molecule has 0 aromatic heterocycles. The van der Waals surface area contributed by atoms with Gasteiger partial charge in [0.2, 0.25) is 5.90 Å². The molecule has 0 saturated heterocycles. The second-order valence-electron chi connectivity index (χ2n) is 7.08. The maximum absolute atomic E-state index is 13.5. The summed E-state index contributed by atoms with van der Waals surface area (Å²) in [6, 6.07) is 17.1. The number of carbonyl (C=O) groups is 2. The summed E-state index contributed by atoms with van der Waals surface area (Å²) in [5.74, 6) is -0.814. The predicted octanol–water partition coefficient (Wildman–Crippen LogP) is 4.80. The summed E-state index contributed by atoms with van der Waals surface area (Å²) >= 11 is 0. The fourth-order valence-electron chi connectivity index (χ4n) is 3.25. The van der Waals surface area contributed by atoms with Crippen molar-refractivity contribution < 1.29 is 32.9 Å². The fraction of sp³-hybridized carbons (Fsp3) is 0.115. The maximum Gasteiger partial charge on any atom is 0.363 e. The molecule has 0 aliphatic carbocycles. The minimum atomic E-state index is -0.663. The summed E-state index contributed by atoms with van der Waals surface area (Å²) in [6.45, 7) is 2.12. The number of ether oxygens (including phenoxy) is 4. The Bertz CT molecular complexity index is 1310. The molecule has 0 N–H and O–H groups in total. The van der Waals surface area contributed by atoms with E-state index in [1.165, 1.54) is 31.4 Å². The Morgan fingerprint density at radius 3 is 2.62 bits per heavy atom. The van der Waals surface area contributed by atoms with Crippen LogP contribution in [-0.4, -0.2) is 31.6 Å². The van der Waals surface area contributed by atoms with Crippen LogP contribution in [0.2, 0.25) is 0 Å². The highest BCUT2D eigenvalue weighted by atomic mass is 19.1. The molecule has 0 atom stereocenters. The molecule has 3 aromatic carbocycles. The van der Waals surface area contributed by atoms with Crippen molar-refractivity contribution in [1.82, 2.24) is 0 Å². The van der Waals surface area contributed by atoms with E-state index in [0.29, 0.717) is 29.2 Å². The summed E-state index contributed by atoms with van der Waals surface area (Å²) in [7, 11) is 1.47. The minimum absolute atomic E-state index is 0.0168. The predicted molar refractivity (Wildman–Crippen MR) is 123 cm³/mol. The van der Waals surface area contributed by atoms with Gasteiger partial charge < -0.3 is 18.9 Å². The van der Waals surface area contributed by atoms with Crippen LogP contribution in [0.25, 0.3) is 6.08 Å². The first-order chi connectivity index (χ1) is 16.5. The SMILES string of the molecule is CCOc1cc(C=C2N=C(c3cccc(F)c3)OC2=O)ccc1OC(=O)c1ccccc1OC. The Labute approximate surface area is 195 Å². The average Bonchev–Trinajstić information content (AvgIpc) is 3.21. The van der Waals surface area contributed by atoms with Gasteiger partial charge in [0, 0.05) is 5.56 Å². The molecule has 172 valence electrons. The topological polar surface area (TPSA) is 83.4 Å². The van der Waals surface area contributed by atoms with E-state index >= 15 is 0 Å². The van der Waals surface area contributed by atoms with Gasteiger partial charge in [0.25, 0.3) is 0 Å². The summed E-state index contributed by atoms with van der Waals surface area (Å²) in [6.07, 6.45) is 1.50. The number of halogens is 1. The zero-order valence-electron chi connectivity index (χ0n) is 18.4. The lowest BCUT2D eigenvalue weighted by Crippen LogP contribution is -2.11. The third-order valence-electron chi connectivity index (χ3n) is 4.79. The van der Waals surface area contributed by atoms with Crippen molar-refractivity contribution in [1.29, 1.82) is 0 Å². The molecular weight excluding hydrogens is 441 g/mol. The fourth-order valence-corrected chi connectivity index (χ4v) is 3.25. The first-order valence-corrected chi connectivity index (χ1v) is 10.4. The number of para-hydroxylation sites is 1. The van der Waals surface area contributed by atoms with Gasteiger partial charge in [-0.2, -0.15) is 0 Å². The number of carbonyl (C=O) groups excluding carboxylic acids is 2. The number of rotatable bonds is 7. The van der Waals surface area contributed by atoms with Crippen LogP contribution in [0.5, 0.6) is 17.2 Å². The monoisotopic (exact) mass is 461 g/mol. The van der Waals surface area contributed by atoms with E-state index in [-0.39, 0.29) is 22.9 Å². The van der Waals surface area contributed by atoms with Crippen LogP contribution in [0.15, 0.2) is 77.4 Å². The van der Waals surface area contributed by atoms with Crippen molar-refractivity contribution >= 4 is 23.9 Å². The summed E-state index contributed by atoms with van der Waals surface area (Å²) in [4.78, 5) is 29.1. The third-order valence-corrected chi connectivity index (χ3v) is 4.79. The molecule has 8 heteroatoms. The summed E-state index contributed by atoms with van der Waals surface area (Å²) in [5.41, 5.74) is 1.23. The first-order valence-electron chi connectivity index (χ1n) is 10.4. The number of hydrogen-bond donors (Lipinski definition) is 0. The van der Waals surface area contributed by atoms with E-state index in [1.807, 2.05) is 0 Å². The number of aliphatic imine (C=N–C) groups is 1. The molecule has 0 amide bonds. The minimum Gasteiger partial charge on any atom is -0.496 e. The van der Waals surface area contributed by atoms with Gasteiger partial charge in [0.1, 0.15) is 17.1 Å². The average molecular weight is 461 g/mol. The summed E-state index contributed by atoms with van der Waals surface area (Å²) in [5, 5.41) is 0. The number of hydrogen-bond acceptors (Lipinski definition) is 7. The van der Waals surface area contributed by atoms with Gasteiger partial charge in [-0.05, 0) is 61.0 Å². The first kappa shape index (κ1) is 22.7. The molecule has 7 nitrogen and oxygen atoms in total. The molecule has 0 bridgehead atoms. The Morgan fingerprint density at radius 2 is 1.85 bits per heavy atom. The van der Waals surface area contributed by atoms with Gasteiger partial charge in [0.05, 0.1) is 13.7 Å². The highest BCUT2D eigenvalue weighted by molar-refractivity contribution is 6.12. The van der Waals surface area contributed by atoms with Crippen molar-refractivity contribution in [3.63, 3.8) is 0 Å². The highest BCUT2D eigenvalue weighted by Gasteiger charge is 2.25. The Morgan fingerprint density at radius 1 is 1.03 bits per heavy atom. The molecule has 1 heterocycles. The normalized spacial score (nSPS) is 13.9. The Balaban J connectivity index is 1.60. The molecule has 0 radical (unpaired) electrons. The summed E-state index contributed by atoms with van der Waals surface area (Å²) < 4.78 is 35.1. The smallest absolute Gasteiger partial charge is 0.363 e. The lowest BCUT2D eigenvalue weighted by atomic mass is 10.1. The van der Waals surface area contributed by atoms with Crippen LogP contribution in [-0.2, 0) is 9.53 Å². The largest absolute Gasteiger partial charge is 0.496 e. The molecule has 1 aliphatic heterocycles. The van der Waals surface area contributed by atoms with Gasteiger partial charge in [-0.3, -0.25) is 0 Å². The molecular formula is C26H20FNO6. The van der Waals surface area contributed by atoms with Crippen molar-refractivity contribution in [3.8, 4) is 17.2 Å². The van der Waals surface area contributed by atoms with Crippen molar-refractivity contribution in [3.05, 3.63) is 94.9 Å². The molecule has 34 heavy (non-hydrogen) atoms. The van der Waals surface area contributed by atoms with Crippen molar-refractivity contribution in [2.45, 2.75) is 6.92 Å². The van der Waals surface area contributed by atoms with Gasteiger partial charge in [0.15, 0.2) is 17.2 Å². The van der Waals surface area contributed by atoms with Gasteiger partial charge in [-0.15, -0.1) is 0 Å². The zero-order chi connectivity index (χ0) is 24.1. The Hall–Kier alpha value is -4.46. The van der Waals surface area contributed by atoms with E-state index < -0.39 is 17.8 Å². The molecule has 3 aromatic rings. The number of benzene rings is 3. The van der Waals surface area contributed by atoms with Gasteiger partial charge in [-0.1, -0.05) is 24.3 Å². The van der Waals surface area contributed by atoms with Crippen LogP contribution in [0.4, 0.5) is 4.39 Å². The van der Waals surface area contributed by atoms with E-state index in [1.54, 1.807) is 55.5 Å². The quantitative estimate of drug-likeness (QED) is 0.286. The molecule has 0 saturated carbocycles. The maximum atomic E-state index is 13.5. The molecule has 1 aliphatic rings. The van der Waals surface area contributed by atoms with E-state index in [0.717, 1.165) is 0 Å². The Kier molecular flexibility index (Phi) is 6.68. The van der Waals surface area contributed by atoms with Crippen LogP contribution >= 0.6 is 0 Å². The van der Waals surface area contributed by atoms with Crippen LogP contribution in [0.1, 0.15) is 28.4 Å². The number of nitrogens with zero attached hydrogens (tertiary/aromatic N) is 1. The highest BCUT2D eigenvalue weighted by Crippen LogP contribution is 2.32.